The first-order chi connectivity index (χ1) is 7.63. The van der Waals surface area contributed by atoms with Crippen LogP contribution in [0.25, 0.3) is 10.4 Å². The highest BCUT2D eigenvalue weighted by Crippen LogP contribution is 2.11. The molecule has 1 atom stereocenters. The molecule has 2 N–H and O–H groups in total. The third kappa shape index (κ3) is 4.48. The van der Waals surface area contributed by atoms with Crippen LogP contribution >= 0.6 is 0 Å². The lowest BCUT2D eigenvalue weighted by Gasteiger charge is -2.28. The van der Waals surface area contributed by atoms with E-state index < -0.39 is 11.5 Å². The van der Waals surface area contributed by atoms with E-state index in [2.05, 4.69) is 15.3 Å². The lowest BCUT2D eigenvalue weighted by atomic mass is 9.97. The Hall–Kier alpha value is -1.30. The number of aliphatic carboxylic acids is 1. The summed E-state index contributed by atoms with van der Waals surface area (Å²) in [6.45, 7) is 2.73. The summed E-state index contributed by atoms with van der Waals surface area (Å²) in [5.74, 6) is -0.930. The normalized spacial score (nSPS) is 13.9. The molecule has 16 heavy (non-hydrogen) atoms. The number of hydrogen-bond acceptors (Lipinski definition) is 4. The number of methoxy groups -OCH3 is 1. The number of rotatable bonds is 9. The minimum atomic E-state index is -1.05. The number of carboxylic acid groups (broad SMARTS) is 1. The Morgan fingerprint density at radius 1 is 1.69 bits per heavy atom. The van der Waals surface area contributed by atoms with Crippen LogP contribution < -0.4 is 5.32 Å². The summed E-state index contributed by atoms with van der Waals surface area (Å²) >= 11 is 0. The number of ether oxygens (including phenoxy) is 1. The number of carbonyl (C=O) groups is 1. The number of carboxylic acids is 1. The fourth-order valence-electron chi connectivity index (χ4n) is 1.34. The smallest absolute Gasteiger partial charge is 0.326 e. The van der Waals surface area contributed by atoms with Gasteiger partial charge >= 0.3 is 5.97 Å². The Kier molecular flexibility index (Phi) is 7.28. The van der Waals surface area contributed by atoms with E-state index in [1.807, 2.05) is 0 Å². The van der Waals surface area contributed by atoms with Gasteiger partial charge in [0.1, 0.15) is 5.54 Å². The molecule has 0 aliphatic heterocycles. The molecule has 0 fully saturated rings. The van der Waals surface area contributed by atoms with Gasteiger partial charge in [-0.1, -0.05) is 12.0 Å². The average molecular weight is 230 g/mol. The zero-order valence-corrected chi connectivity index (χ0v) is 9.64. The molecule has 0 amide bonds. The Morgan fingerprint density at radius 2 is 2.38 bits per heavy atom. The number of nitrogens with one attached hydrogen (secondary N) is 1. The van der Waals surface area contributed by atoms with Gasteiger partial charge in [-0.2, -0.15) is 0 Å². The maximum absolute atomic E-state index is 11.1. The number of nitrogens with zero attached hydrogens (tertiary/aromatic N) is 3. The molecule has 0 aromatic heterocycles. The molecule has 0 radical (unpaired) electrons. The first-order valence-electron chi connectivity index (χ1n) is 5.11. The van der Waals surface area contributed by atoms with Gasteiger partial charge in [0.25, 0.3) is 0 Å². The quantitative estimate of drug-likeness (QED) is 0.268. The van der Waals surface area contributed by atoms with Crippen molar-refractivity contribution in [1.82, 2.24) is 5.32 Å². The highest BCUT2D eigenvalue weighted by atomic mass is 16.5. The number of azide groups is 1. The summed E-state index contributed by atoms with van der Waals surface area (Å²) in [5.41, 5.74) is 7.02. The minimum Gasteiger partial charge on any atom is -0.480 e. The van der Waals surface area contributed by atoms with E-state index in [9.17, 15) is 4.79 Å². The van der Waals surface area contributed by atoms with E-state index in [0.29, 0.717) is 25.9 Å². The van der Waals surface area contributed by atoms with E-state index >= 15 is 0 Å². The molecule has 7 heteroatoms. The van der Waals surface area contributed by atoms with E-state index in [1.165, 1.54) is 7.11 Å². The third-order valence-corrected chi connectivity index (χ3v) is 2.37. The molecule has 0 spiro atoms. The summed E-state index contributed by atoms with van der Waals surface area (Å²) in [6, 6.07) is 0. The molecular weight excluding hydrogens is 212 g/mol. The zero-order valence-electron chi connectivity index (χ0n) is 9.64. The second-order valence-electron chi connectivity index (χ2n) is 3.41. The SMILES string of the molecule is CCC(COC)(NCCCN=[N+]=[N-])C(=O)O. The lowest BCUT2D eigenvalue weighted by molar-refractivity contribution is -0.147. The third-order valence-electron chi connectivity index (χ3n) is 2.37. The van der Waals surface area contributed by atoms with Crippen molar-refractivity contribution in [3.8, 4) is 0 Å². The molecule has 1 unspecified atom stereocenters. The molecule has 0 heterocycles. The fourth-order valence-corrected chi connectivity index (χ4v) is 1.34. The molecule has 7 nitrogen and oxygen atoms in total. The van der Waals surface area contributed by atoms with Crippen molar-refractivity contribution in [3.63, 3.8) is 0 Å². The molecule has 0 saturated heterocycles. The van der Waals surface area contributed by atoms with Gasteiger partial charge in [0.15, 0.2) is 0 Å². The van der Waals surface area contributed by atoms with E-state index in [1.54, 1.807) is 6.92 Å². The second-order valence-corrected chi connectivity index (χ2v) is 3.41. The van der Waals surface area contributed by atoms with Gasteiger partial charge in [-0.05, 0) is 24.9 Å². The molecular formula is C9H18N4O3. The highest BCUT2D eigenvalue weighted by Gasteiger charge is 2.35. The van der Waals surface area contributed by atoms with E-state index in [0.717, 1.165) is 0 Å². The van der Waals surface area contributed by atoms with Crippen LogP contribution in [0.5, 0.6) is 0 Å². The Morgan fingerprint density at radius 3 is 2.81 bits per heavy atom. The lowest BCUT2D eigenvalue weighted by Crippen LogP contribution is -2.55. The topological polar surface area (TPSA) is 107 Å². The monoisotopic (exact) mass is 230 g/mol. The second kappa shape index (κ2) is 7.92. The van der Waals surface area contributed by atoms with Crippen molar-refractivity contribution in [2.45, 2.75) is 25.3 Å². The van der Waals surface area contributed by atoms with Gasteiger partial charge in [0, 0.05) is 18.6 Å². The first-order valence-corrected chi connectivity index (χ1v) is 5.11. The molecule has 0 aliphatic rings. The molecule has 0 aromatic rings. The first kappa shape index (κ1) is 14.7. The summed E-state index contributed by atoms with van der Waals surface area (Å²) < 4.78 is 4.91. The van der Waals surface area contributed by atoms with Crippen LogP contribution in [-0.2, 0) is 9.53 Å². The standard InChI is InChI=1S/C9H18N4O3/c1-3-9(7-16-2,8(14)15)11-5-4-6-12-13-10/h11H,3-7H2,1-2H3,(H,14,15). The average Bonchev–Trinajstić information content (AvgIpc) is 2.27. The maximum Gasteiger partial charge on any atom is 0.326 e. The van der Waals surface area contributed by atoms with Gasteiger partial charge in [-0.25, -0.2) is 0 Å². The Labute approximate surface area is 94.4 Å². The fraction of sp³-hybridized carbons (Fsp3) is 0.889. The van der Waals surface area contributed by atoms with Gasteiger partial charge < -0.3 is 9.84 Å². The Bertz CT molecular complexity index is 265. The minimum absolute atomic E-state index is 0.111. The largest absolute Gasteiger partial charge is 0.480 e. The van der Waals surface area contributed by atoms with Crippen LogP contribution in [0.2, 0.25) is 0 Å². The van der Waals surface area contributed by atoms with Crippen molar-refractivity contribution in [2.75, 3.05) is 26.8 Å². The van der Waals surface area contributed by atoms with Gasteiger partial charge in [0.2, 0.25) is 0 Å². The van der Waals surface area contributed by atoms with Crippen molar-refractivity contribution in [1.29, 1.82) is 0 Å². The molecule has 0 saturated carbocycles. The predicted octanol–water partition coefficient (Wildman–Crippen LogP) is 1.16. The van der Waals surface area contributed by atoms with Crippen LogP contribution in [0.4, 0.5) is 0 Å². The summed E-state index contributed by atoms with van der Waals surface area (Å²) in [4.78, 5) is 13.8. The van der Waals surface area contributed by atoms with Crippen LogP contribution in [-0.4, -0.2) is 43.4 Å². The summed E-state index contributed by atoms with van der Waals surface area (Å²) in [6.07, 6.45) is 1.03. The summed E-state index contributed by atoms with van der Waals surface area (Å²) in [7, 11) is 1.47. The van der Waals surface area contributed by atoms with Crippen molar-refractivity contribution in [2.24, 2.45) is 5.11 Å². The van der Waals surface area contributed by atoms with Crippen molar-refractivity contribution >= 4 is 5.97 Å². The van der Waals surface area contributed by atoms with Crippen molar-refractivity contribution in [3.05, 3.63) is 10.4 Å². The van der Waals surface area contributed by atoms with Crippen LogP contribution in [0.15, 0.2) is 5.11 Å². The zero-order chi connectivity index (χ0) is 12.4. The molecule has 92 valence electrons. The number of hydrogen-bond donors (Lipinski definition) is 2. The van der Waals surface area contributed by atoms with Gasteiger partial charge in [-0.15, -0.1) is 0 Å². The van der Waals surface area contributed by atoms with Crippen molar-refractivity contribution < 1.29 is 14.6 Å². The van der Waals surface area contributed by atoms with E-state index in [-0.39, 0.29) is 6.61 Å². The van der Waals surface area contributed by atoms with Crippen LogP contribution in [0.1, 0.15) is 19.8 Å². The molecule has 0 bridgehead atoms. The Balaban J connectivity index is 4.20. The molecule has 0 rings (SSSR count). The van der Waals surface area contributed by atoms with Crippen LogP contribution in [0.3, 0.4) is 0 Å². The van der Waals surface area contributed by atoms with Crippen LogP contribution in [0, 0.1) is 0 Å². The highest BCUT2D eigenvalue weighted by molar-refractivity contribution is 5.78. The predicted molar refractivity (Wildman–Crippen MR) is 59.2 cm³/mol. The summed E-state index contributed by atoms with van der Waals surface area (Å²) in [5, 5.41) is 15.4. The molecule has 0 aromatic carbocycles. The van der Waals surface area contributed by atoms with Gasteiger partial charge in [0.05, 0.1) is 6.61 Å². The molecule has 0 aliphatic carbocycles. The van der Waals surface area contributed by atoms with E-state index in [4.69, 9.17) is 15.4 Å². The van der Waals surface area contributed by atoms with Gasteiger partial charge in [-0.3, -0.25) is 10.1 Å². The maximum atomic E-state index is 11.1.